The Kier molecular flexibility index (Phi) is 5.03. The minimum absolute atomic E-state index is 0.323. The quantitative estimate of drug-likeness (QED) is 0.669. The van der Waals surface area contributed by atoms with E-state index >= 15 is 0 Å². The summed E-state index contributed by atoms with van der Waals surface area (Å²) in [6, 6.07) is 27.9. The molecule has 0 heterocycles. The zero-order valence-corrected chi connectivity index (χ0v) is 14.6. The van der Waals surface area contributed by atoms with Gasteiger partial charge in [-0.15, -0.1) is 0 Å². The van der Waals surface area contributed by atoms with Crippen molar-refractivity contribution in [3.63, 3.8) is 0 Å². The number of hydrogen-bond donors (Lipinski definition) is 1. The molecule has 3 rings (SSSR count). The van der Waals surface area contributed by atoms with Crippen molar-refractivity contribution in [2.24, 2.45) is 0 Å². The molecule has 1 nitrogen and oxygen atoms in total. The molecule has 25 heavy (non-hydrogen) atoms. The predicted octanol–water partition coefficient (Wildman–Crippen LogP) is 5.04. The van der Waals surface area contributed by atoms with Gasteiger partial charge in [0.2, 0.25) is 0 Å². The maximum absolute atomic E-state index is 11.3. The van der Waals surface area contributed by atoms with Gasteiger partial charge in [0.1, 0.15) is 5.60 Å². The summed E-state index contributed by atoms with van der Waals surface area (Å²) in [4.78, 5) is 0. The van der Waals surface area contributed by atoms with Crippen LogP contribution in [0.1, 0.15) is 35.1 Å². The van der Waals surface area contributed by atoms with E-state index in [0.29, 0.717) is 0 Å². The number of aliphatic hydroxyl groups is 1. The number of hydrogen-bond acceptors (Lipinski definition) is 1. The highest BCUT2D eigenvalue weighted by Crippen LogP contribution is 2.36. The van der Waals surface area contributed by atoms with Gasteiger partial charge in [-0.05, 0) is 37.1 Å². The maximum Gasteiger partial charge on any atom is 0.105 e. The Morgan fingerprint density at radius 1 is 0.800 bits per heavy atom. The molecule has 3 aromatic carbocycles. The lowest BCUT2D eigenvalue weighted by Crippen LogP contribution is -2.29. The molecule has 0 radical (unpaired) electrons. The summed E-state index contributed by atoms with van der Waals surface area (Å²) in [5, 5.41) is 11.3. The van der Waals surface area contributed by atoms with Crippen LogP contribution in [0.25, 0.3) is 0 Å². The van der Waals surface area contributed by atoms with Crippen molar-refractivity contribution in [1.82, 2.24) is 0 Å². The standard InChI is InChI=1S/C24H22O/c1-19-13-16-21(17-14-19)23(18-15-20-9-5-3-6-10-20)24(2,25)22-11-7-4-8-12-22/h3-14,16-17,23,25H,1-2H3/t23?,24-/m0/s1. The lowest BCUT2D eigenvalue weighted by Gasteiger charge is -2.30. The molecule has 0 bridgehead atoms. The van der Waals surface area contributed by atoms with Crippen molar-refractivity contribution < 1.29 is 5.11 Å². The van der Waals surface area contributed by atoms with Crippen LogP contribution in [0.15, 0.2) is 84.9 Å². The smallest absolute Gasteiger partial charge is 0.105 e. The molecule has 0 aromatic heterocycles. The van der Waals surface area contributed by atoms with Crippen molar-refractivity contribution in [3.8, 4) is 11.8 Å². The zero-order valence-electron chi connectivity index (χ0n) is 14.6. The maximum atomic E-state index is 11.3. The van der Waals surface area contributed by atoms with Gasteiger partial charge in [0.05, 0.1) is 5.92 Å². The van der Waals surface area contributed by atoms with E-state index in [0.717, 1.165) is 16.7 Å². The SMILES string of the molecule is Cc1ccc(C(C#Cc2ccccc2)[C@@](C)(O)c2ccccc2)cc1. The molecule has 124 valence electrons. The topological polar surface area (TPSA) is 20.2 Å². The highest BCUT2D eigenvalue weighted by Gasteiger charge is 2.33. The molecule has 0 saturated heterocycles. The van der Waals surface area contributed by atoms with Crippen LogP contribution in [0.3, 0.4) is 0 Å². The van der Waals surface area contributed by atoms with Crippen LogP contribution in [0.4, 0.5) is 0 Å². The largest absolute Gasteiger partial charge is 0.384 e. The normalized spacial score (nSPS) is 14.0. The van der Waals surface area contributed by atoms with Crippen molar-refractivity contribution in [2.45, 2.75) is 25.4 Å². The predicted molar refractivity (Wildman–Crippen MR) is 103 cm³/mol. The lowest BCUT2D eigenvalue weighted by molar-refractivity contribution is 0.0445. The summed E-state index contributed by atoms with van der Waals surface area (Å²) < 4.78 is 0. The molecule has 0 amide bonds. The molecule has 2 atom stereocenters. The van der Waals surface area contributed by atoms with Crippen LogP contribution in [-0.2, 0) is 5.60 Å². The molecule has 0 spiro atoms. The highest BCUT2D eigenvalue weighted by molar-refractivity contribution is 5.42. The molecule has 0 fully saturated rings. The van der Waals surface area contributed by atoms with Gasteiger partial charge in [0.15, 0.2) is 0 Å². The van der Waals surface area contributed by atoms with E-state index < -0.39 is 5.60 Å². The van der Waals surface area contributed by atoms with Gasteiger partial charge in [-0.2, -0.15) is 0 Å². The Labute approximate surface area is 150 Å². The third-order valence-corrected chi connectivity index (χ3v) is 4.47. The van der Waals surface area contributed by atoms with Crippen LogP contribution >= 0.6 is 0 Å². The first-order chi connectivity index (χ1) is 12.1. The molecule has 0 aliphatic rings. The molecular formula is C24H22O. The third kappa shape index (κ3) is 3.99. The van der Waals surface area contributed by atoms with E-state index in [-0.39, 0.29) is 5.92 Å². The Morgan fingerprint density at radius 3 is 1.96 bits per heavy atom. The Morgan fingerprint density at radius 2 is 1.36 bits per heavy atom. The van der Waals surface area contributed by atoms with Crippen molar-refractivity contribution in [3.05, 3.63) is 107 Å². The lowest BCUT2D eigenvalue weighted by atomic mass is 9.78. The molecule has 1 heteroatoms. The van der Waals surface area contributed by atoms with Crippen molar-refractivity contribution >= 4 is 0 Å². The van der Waals surface area contributed by atoms with Gasteiger partial charge in [0, 0.05) is 5.56 Å². The van der Waals surface area contributed by atoms with Crippen LogP contribution in [-0.4, -0.2) is 5.11 Å². The van der Waals surface area contributed by atoms with E-state index in [1.54, 1.807) is 0 Å². The second kappa shape index (κ2) is 7.38. The first-order valence-corrected chi connectivity index (χ1v) is 8.48. The Balaban J connectivity index is 2.06. The van der Waals surface area contributed by atoms with Gasteiger partial charge in [-0.25, -0.2) is 0 Å². The molecule has 3 aromatic rings. The van der Waals surface area contributed by atoms with Gasteiger partial charge >= 0.3 is 0 Å². The third-order valence-electron chi connectivity index (χ3n) is 4.47. The summed E-state index contributed by atoms with van der Waals surface area (Å²) in [5.41, 5.74) is 2.94. The number of rotatable bonds is 3. The van der Waals surface area contributed by atoms with E-state index in [1.807, 2.05) is 67.6 Å². The summed E-state index contributed by atoms with van der Waals surface area (Å²) in [5.74, 6) is 6.21. The van der Waals surface area contributed by atoms with E-state index in [4.69, 9.17) is 0 Å². The molecule has 1 unspecified atom stereocenters. The van der Waals surface area contributed by atoms with E-state index in [1.165, 1.54) is 5.56 Å². The van der Waals surface area contributed by atoms with Crippen LogP contribution in [0.5, 0.6) is 0 Å². The van der Waals surface area contributed by atoms with Gasteiger partial charge < -0.3 is 5.11 Å². The molecule has 0 saturated carbocycles. The van der Waals surface area contributed by atoms with Crippen molar-refractivity contribution in [1.29, 1.82) is 0 Å². The second-order valence-electron chi connectivity index (χ2n) is 6.49. The van der Waals surface area contributed by atoms with E-state index in [9.17, 15) is 5.11 Å². The first-order valence-electron chi connectivity index (χ1n) is 8.48. The zero-order chi connectivity index (χ0) is 17.7. The minimum Gasteiger partial charge on any atom is -0.384 e. The molecule has 1 N–H and O–H groups in total. The highest BCUT2D eigenvalue weighted by atomic mass is 16.3. The van der Waals surface area contributed by atoms with Crippen LogP contribution in [0.2, 0.25) is 0 Å². The fourth-order valence-corrected chi connectivity index (χ4v) is 2.93. The Bertz CT molecular complexity index is 866. The Hall–Kier alpha value is -2.82. The monoisotopic (exact) mass is 326 g/mol. The molecule has 0 aliphatic heterocycles. The van der Waals surface area contributed by atoms with Crippen molar-refractivity contribution in [2.75, 3.05) is 0 Å². The summed E-state index contributed by atoms with van der Waals surface area (Å²) in [7, 11) is 0. The number of benzene rings is 3. The van der Waals surface area contributed by atoms with Gasteiger partial charge in [-0.1, -0.05) is 90.2 Å². The molecule has 0 aliphatic carbocycles. The minimum atomic E-state index is -1.09. The first kappa shape index (κ1) is 17.0. The summed E-state index contributed by atoms with van der Waals surface area (Å²) in [6.45, 7) is 3.90. The summed E-state index contributed by atoms with van der Waals surface area (Å²) >= 11 is 0. The van der Waals surface area contributed by atoms with Gasteiger partial charge in [-0.3, -0.25) is 0 Å². The second-order valence-corrected chi connectivity index (χ2v) is 6.49. The van der Waals surface area contributed by atoms with Gasteiger partial charge in [0.25, 0.3) is 0 Å². The number of aryl methyl sites for hydroxylation is 1. The fourth-order valence-electron chi connectivity index (χ4n) is 2.93. The fraction of sp³-hybridized carbons (Fsp3) is 0.167. The average Bonchev–Trinajstić information content (AvgIpc) is 2.65. The molecular weight excluding hydrogens is 304 g/mol. The van der Waals surface area contributed by atoms with E-state index in [2.05, 4.69) is 43.0 Å². The summed E-state index contributed by atoms with van der Waals surface area (Å²) in [6.07, 6.45) is 0. The van der Waals surface area contributed by atoms with Crippen LogP contribution < -0.4 is 0 Å². The average molecular weight is 326 g/mol. The van der Waals surface area contributed by atoms with Crippen LogP contribution in [0, 0.1) is 18.8 Å².